The molecule has 1 saturated heterocycles. The predicted molar refractivity (Wildman–Crippen MR) is 40.0 cm³/mol. The van der Waals surface area contributed by atoms with Crippen LogP contribution < -0.4 is 5.73 Å². The number of hydrogen-bond acceptors (Lipinski definition) is 4. The van der Waals surface area contributed by atoms with Gasteiger partial charge in [0.2, 0.25) is 0 Å². The fourth-order valence-electron chi connectivity index (χ4n) is 1.04. The van der Waals surface area contributed by atoms with E-state index in [1.807, 2.05) is 0 Å². The third kappa shape index (κ3) is 2.75. The molecule has 2 unspecified atom stereocenters. The highest BCUT2D eigenvalue weighted by Gasteiger charge is 2.23. The third-order valence-corrected chi connectivity index (χ3v) is 1.67. The lowest BCUT2D eigenvalue weighted by molar-refractivity contribution is -0.0632. The van der Waals surface area contributed by atoms with E-state index in [1.165, 1.54) is 0 Å². The Morgan fingerprint density at radius 2 is 2.36 bits per heavy atom. The zero-order chi connectivity index (χ0) is 8.10. The number of ether oxygens (including phenoxy) is 2. The molecule has 0 aromatic heterocycles. The fraction of sp³-hybridized carbons (Fsp3) is 1.00. The summed E-state index contributed by atoms with van der Waals surface area (Å²) in [7, 11) is 0. The van der Waals surface area contributed by atoms with Crippen LogP contribution in [0.1, 0.15) is 12.8 Å². The summed E-state index contributed by atoms with van der Waals surface area (Å²) < 4.78 is 10.6. The summed E-state index contributed by atoms with van der Waals surface area (Å²) in [5.41, 5.74) is 5.37. The van der Waals surface area contributed by atoms with Crippen LogP contribution in [0.15, 0.2) is 0 Å². The van der Waals surface area contributed by atoms with Gasteiger partial charge in [-0.2, -0.15) is 0 Å². The average Bonchev–Trinajstić information content (AvgIpc) is 2.48. The Balaban J connectivity index is 2.09. The summed E-state index contributed by atoms with van der Waals surface area (Å²) in [5, 5.41) is 8.51. The highest BCUT2D eigenvalue weighted by atomic mass is 16.7. The quantitative estimate of drug-likeness (QED) is 0.581. The third-order valence-electron chi connectivity index (χ3n) is 1.67. The number of rotatable bonds is 4. The van der Waals surface area contributed by atoms with E-state index in [1.54, 1.807) is 0 Å². The molecule has 1 rings (SSSR count). The van der Waals surface area contributed by atoms with Crippen molar-refractivity contribution in [2.75, 3.05) is 19.8 Å². The van der Waals surface area contributed by atoms with Crippen LogP contribution in [0.5, 0.6) is 0 Å². The van der Waals surface area contributed by atoms with Gasteiger partial charge in [0.25, 0.3) is 0 Å². The molecule has 0 aliphatic carbocycles. The first-order valence-corrected chi connectivity index (χ1v) is 3.95. The summed E-state index contributed by atoms with van der Waals surface area (Å²) in [4.78, 5) is 0. The van der Waals surface area contributed by atoms with E-state index in [0.29, 0.717) is 13.2 Å². The molecule has 2 atom stereocenters. The van der Waals surface area contributed by atoms with Crippen LogP contribution in [0, 0.1) is 0 Å². The lowest BCUT2D eigenvalue weighted by atomic mass is 10.3. The topological polar surface area (TPSA) is 64.7 Å². The molecule has 1 aliphatic heterocycles. The predicted octanol–water partition coefficient (Wildman–Crippen LogP) is -0.541. The minimum atomic E-state index is -0.143. The SMILES string of the molecule is NCC1COC(CCCO)O1. The molecule has 0 saturated carbocycles. The zero-order valence-corrected chi connectivity index (χ0v) is 6.53. The van der Waals surface area contributed by atoms with Gasteiger partial charge in [-0.3, -0.25) is 0 Å². The minimum absolute atomic E-state index is 0.0543. The van der Waals surface area contributed by atoms with Crippen LogP contribution >= 0.6 is 0 Å². The Morgan fingerprint density at radius 3 is 2.91 bits per heavy atom. The van der Waals surface area contributed by atoms with Crippen molar-refractivity contribution in [3.8, 4) is 0 Å². The molecule has 1 aliphatic rings. The maximum Gasteiger partial charge on any atom is 0.158 e. The summed E-state index contributed by atoms with van der Waals surface area (Å²) in [5.74, 6) is 0. The molecule has 0 aromatic rings. The lowest BCUT2D eigenvalue weighted by Crippen LogP contribution is -2.22. The molecule has 3 N–H and O–H groups in total. The van der Waals surface area contributed by atoms with Gasteiger partial charge in [0, 0.05) is 19.6 Å². The maximum atomic E-state index is 8.51. The van der Waals surface area contributed by atoms with E-state index in [-0.39, 0.29) is 19.0 Å². The van der Waals surface area contributed by atoms with Gasteiger partial charge < -0.3 is 20.3 Å². The Hall–Kier alpha value is -0.160. The Labute approximate surface area is 66.3 Å². The van der Waals surface area contributed by atoms with Gasteiger partial charge in [0.15, 0.2) is 6.29 Å². The van der Waals surface area contributed by atoms with Crippen molar-refractivity contribution < 1.29 is 14.6 Å². The van der Waals surface area contributed by atoms with Crippen molar-refractivity contribution in [3.63, 3.8) is 0 Å². The molecule has 0 bridgehead atoms. The van der Waals surface area contributed by atoms with Crippen LogP contribution in [-0.2, 0) is 9.47 Å². The molecule has 66 valence electrons. The first kappa shape index (κ1) is 8.93. The van der Waals surface area contributed by atoms with Crippen molar-refractivity contribution in [2.24, 2.45) is 5.73 Å². The number of aliphatic hydroxyl groups is 1. The van der Waals surface area contributed by atoms with Gasteiger partial charge in [-0.05, 0) is 6.42 Å². The normalized spacial score (nSPS) is 31.1. The molecule has 1 heterocycles. The van der Waals surface area contributed by atoms with Gasteiger partial charge in [0.05, 0.1) is 12.7 Å². The molecular formula is C7H15NO3. The highest BCUT2D eigenvalue weighted by Crippen LogP contribution is 2.14. The largest absolute Gasteiger partial charge is 0.396 e. The Morgan fingerprint density at radius 1 is 1.55 bits per heavy atom. The van der Waals surface area contributed by atoms with Crippen molar-refractivity contribution in [1.82, 2.24) is 0 Å². The van der Waals surface area contributed by atoms with Crippen molar-refractivity contribution in [1.29, 1.82) is 0 Å². The summed E-state index contributed by atoms with van der Waals surface area (Å²) in [6.45, 7) is 1.29. The molecule has 0 aromatic carbocycles. The molecule has 0 spiro atoms. The van der Waals surface area contributed by atoms with Crippen molar-refractivity contribution in [2.45, 2.75) is 25.2 Å². The van der Waals surface area contributed by atoms with Gasteiger partial charge in [-0.15, -0.1) is 0 Å². The molecule has 1 fully saturated rings. The van der Waals surface area contributed by atoms with Crippen LogP contribution in [0.2, 0.25) is 0 Å². The van der Waals surface area contributed by atoms with Gasteiger partial charge in [-0.1, -0.05) is 0 Å². The molecule has 4 nitrogen and oxygen atoms in total. The number of nitrogens with two attached hydrogens (primary N) is 1. The second-order valence-corrected chi connectivity index (χ2v) is 2.62. The lowest BCUT2D eigenvalue weighted by Gasteiger charge is -2.08. The number of aliphatic hydroxyl groups excluding tert-OH is 1. The average molecular weight is 161 g/mol. The van der Waals surface area contributed by atoms with Crippen LogP contribution in [0.3, 0.4) is 0 Å². The summed E-state index contributed by atoms with van der Waals surface area (Å²) in [6.07, 6.45) is 1.39. The van der Waals surface area contributed by atoms with E-state index in [0.717, 1.165) is 12.8 Å². The molecular weight excluding hydrogens is 146 g/mol. The van der Waals surface area contributed by atoms with E-state index >= 15 is 0 Å². The van der Waals surface area contributed by atoms with Crippen molar-refractivity contribution in [3.05, 3.63) is 0 Å². The van der Waals surface area contributed by atoms with Gasteiger partial charge in [-0.25, -0.2) is 0 Å². The molecule has 11 heavy (non-hydrogen) atoms. The van der Waals surface area contributed by atoms with E-state index in [9.17, 15) is 0 Å². The highest BCUT2D eigenvalue weighted by molar-refractivity contribution is 4.65. The second kappa shape index (κ2) is 4.66. The molecule has 4 heteroatoms. The van der Waals surface area contributed by atoms with E-state index in [4.69, 9.17) is 20.3 Å². The molecule has 0 amide bonds. The number of hydrogen-bond donors (Lipinski definition) is 2. The van der Waals surface area contributed by atoms with Gasteiger partial charge >= 0.3 is 0 Å². The van der Waals surface area contributed by atoms with E-state index < -0.39 is 0 Å². The first-order chi connectivity index (χ1) is 5.36. The van der Waals surface area contributed by atoms with Crippen molar-refractivity contribution >= 4 is 0 Å². The summed E-state index contributed by atoms with van der Waals surface area (Å²) >= 11 is 0. The first-order valence-electron chi connectivity index (χ1n) is 3.95. The Bertz CT molecular complexity index is 110. The van der Waals surface area contributed by atoms with E-state index in [2.05, 4.69) is 0 Å². The van der Waals surface area contributed by atoms with Crippen LogP contribution in [0.4, 0.5) is 0 Å². The minimum Gasteiger partial charge on any atom is -0.396 e. The smallest absolute Gasteiger partial charge is 0.158 e. The monoisotopic (exact) mass is 161 g/mol. The maximum absolute atomic E-state index is 8.51. The Kier molecular flexibility index (Phi) is 3.79. The van der Waals surface area contributed by atoms with Crippen LogP contribution in [0.25, 0.3) is 0 Å². The standard InChI is InChI=1S/C7H15NO3/c8-4-6-5-10-7(11-6)2-1-3-9/h6-7,9H,1-5,8H2. The van der Waals surface area contributed by atoms with Crippen LogP contribution in [-0.4, -0.2) is 37.3 Å². The summed E-state index contributed by atoms with van der Waals surface area (Å²) in [6, 6.07) is 0. The van der Waals surface area contributed by atoms with Gasteiger partial charge in [0.1, 0.15) is 0 Å². The zero-order valence-electron chi connectivity index (χ0n) is 6.53. The second-order valence-electron chi connectivity index (χ2n) is 2.62. The fourth-order valence-corrected chi connectivity index (χ4v) is 1.04. The molecule has 0 radical (unpaired) electrons.